The minimum absolute atomic E-state index is 0.0923. The summed E-state index contributed by atoms with van der Waals surface area (Å²) in [4.78, 5) is 38.3. The Morgan fingerprint density at radius 1 is 0.263 bits per heavy atom. The molecule has 0 fully saturated rings. The van der Waals surface area contributed by atoms with Crippen molar-refractivity contribution in [2.24, 2.45) is 0 Å². The number of unbranched alkanes of at least 4 members (excludes halogenated alkanes) is 38. The number of esters is 3. The molecule has 0 aromatic carbocycles. The Labute approximate surface area is 496 Å². The van der Waals surface area contributed by atoms with Gasteiger partial charge in [0.15, 0.2) is 6.10 Å². The van der Waals surface area contributed by atoms with E-state index in [9.17, 15) is 14.4 Å². The van der Waals surface area contributed by atoms with Gasteiger partial charge in [-0.3, -0.25) is 14.4 Å². The van der Waals surface area contributed by atoms with Gasteiger partial charge in [0.25, 0.3) is 0 Å². The molecule has 0 saturated carbocycles. The monoisotopic (exact) mass is 1110 g/mol. The Morgan fingerprint density at radius 3 is 0.825 bits per heavy atom. The number of carbonyl (C=O) groups excluding carboxylic acids is 3. The van der Waals surface area contributed by atoms with Gasteiger partial charge in [0.1, 0.15) is 13.2 Å². The van der Waals surface area contributed by atoms with Crippen LogP contribution in [0.4, 0.5) is 0 Å². The van der Waals surface area contributed by atoms with Gasteiger partial charge in [-0.05, 0) is 89.9 Å². The van der Waals surface area contributed by atoms with Crippen LogP contribution in [0.1, 0.15) is 348 Å². The Hall–Kier alpha value is -3.41. The third-order valence-electron chi connectivity index (χ3n) is 15.1. The number of hydrogen-bond acceptors (Lipinski definition) is 6. The van der Waals surface area contributed by atoms with Crippen molar-refractivity contribution < 1.29 is 28.6 Å². The molecule has 0 amide bonds. The van der Waals surface area contributed by atoms with Crippen LogP contribution in [0.25, 0.3) is 0 Å². The maximum absolute atomic E-state index is 12.9. The van der Waals surface area contributed by atoms with E-state index in [-0.39, 0.29) is 37.5 Å². The molecular formula is C74H130O6. The highest BCUT2D eigenvalue weighted by atomic mass is 16.6. The molecule has 0 N–H and O–H groups in total. The average molecular weight is 1120 g/mol. The predicted octanol–water partition coefficient (Wildman–Crippen LogP) is 23.8. The van der Waals surface area contributed by atoms with Crippen LogP contribution in [0.15, 0.2) is 85.1 Å². The van der Waals surface area contributed by atoms with Crippen LogP contribution < -0.4 is 0 Å². The molecule has 0 spiro atoms. The molecule has 0 heterocycles. The van der Waals surface area contributed by atoms with Crippen molar-refractivity contribution in [2.75, 3.05) is 13.2 Å². The highest BCUT2D eigenvalue weighted by Crippen LogP contribution is 2.18. The van der Waals surface area contributed by atoms with Crippen LogP contribution >= 0.6 is 0 Å². The van der Waals surface area contributed by atoms with Gasteiger partial charge < -0.3 is 14.2 Å². The molecule has 1 unspecified atom stereocenters. The summed E-state index contributed by atoms with van der Waals surface area (Å²) in [5.41, 5.74) is 0. The molecule has 0 radical (unpaired) electrons. The molecule has 462 valence electrons. The lowest BCUT2D eigenvalue weighted by Gasteiger charge is -2.18. The maximum Gasteiger partial charge on any atom is 0.306 e. The number of carbonyl (C=O) groups is 3. The molecule has 0 rings (SSSR count). The molecule has 0 aliphatic carbocycles. The summed E-state index contributed by atoms with van der Waals surface area (Å²) < 4.78 is 16.9. The van der Waals surface area contributed by atoms with Crippen molar-refractivity contribution in [3.63, 3.8) is 0 Å². The second-order valence-electron chi connectivity index (χ2n) is 23.1. The van der Waals surface area contributed by atoms with E-state index in [1.807, 2.05) is 0 Å². The zero-order chi connectivity index (χ0) is 57.8. The highest BCUT2D eigenvalue weighted by molar-refractivity contribution is 5.71. The number of allylic oxidation sites excluding steroid dienone is 14. The molecule has 0 aromatic rings. The summed E-state index contributed by atoms with van der Waals surface area (Å²) in [6.45, 7) is 6.47. The normalized spacial score (nSPS) is 12.6. The number of ether oxygens (including phenoxy) is 3. The van der Waals surface area contributed by atoms with E-state index in [0.717, 1.165) is 128 Å². The molecule has 6 nitrogen and oxygen atoms in total. The zero-order valence-electron chi connectivity index (χ0n) is 53.1. The first-order chi connectivity index (χ1) is 39.5. The maximum atomic E-state index is 12.9. The molecular weight excluding hydrogens is 985 g/mol. The third-order valence-corrected chi connectivity index (χ3v) is 15.1. The van der Waals surface area contributed by atoms with E-state index in [4.69, 9.17) is 14.2 Å². The second kappa shape index (κ2) is 68.1. The SMILES string of the molecule is CC/C=C\C/C=C\C/C=C\C/C=C\C/C=C\CCCCCC(=O)OC(COC(=O)CCCCCCC/C=C\C/C=C\CCC)COC(=O)CCCCCCCCCCCCCCCCCCCCCCCCCCCCCCCC. The van der Waals surface area contributed by atoms with E-state index in [2.05, 4.69) is 106 Å². The van der Waals surface area contributed by atoms with Gasteiger partial charge in [0, 0.05) is 19.3 Å². The fourth-order valence-electron chi connectivity index (χ4n) is 9.98. The fraction of sp³-hybridized carbons (Fsp3) is 0.770. The van der Waals surface area contributed by atoms with E-state index >= 15 is 0 Å². The Balaban J connectivity index is 4.23. The van der Waals surface area contributed by atoms with Crippen LogP contribution in [-0.2, 0) is 28.6 Å². The van der Waals surface area contributed by atoms with Crippen molar-refractivity contribution >= 4 is 17.9 Å². The Kier molecular flexibility index (Phi) is 65.2. The molecule has 0 saturated heterocycles. The third kappa shape index (κ3) is 65.4. The number of rotatable bonds is 63. The van der Waals surface area contributed by atoms with E-state index in [1.165, 1.54) is 180 Å². The van der Waals surface area contributed by atoms with Gasteiger partial charge in [-0.25, -0.2) is 0 Å². The molecule has 0 aromatic heterocycles. The quantitative estimate of drug-likeness (QED) is 0.0261. The summed E-state index contributed by atoms with van der Waals surface area (Å²) in [6.07, 6.45) is 90.6. The molecule has 0 bridgehead atoms. The van der Waals surface area contributed by atoms with Crippen molar-refractivity contribution in [1.82, 2.24) is 0 Å². The summed E-state index contributed by atoms with van der Waals surface area (Å²) >= 11 is 0. The first-order valence-corrected chi connectivity index (χ1v) is 34.6. The largest absolute Gasteiger partial charge is 0.462 e. The minimum atomic E-state index is -0.801. The topological polar surface area (TPSA) is 78.9 Å². The number of hydrogen-bond donors (Lipinski definition) is 0. The first-order valence-electron chi connectivity index (χ1n) is 34.6. The summed E-state index contributed by atoms with van der Waals surface area (Å²) in [6, 6.07) is 0. The van der Waals surface area contributed by atoms with Crippen LogP contribution in [0.5, 0.6) is 0 Å². The van der Waals surface area contributed by atoms with Crippen LogP contribution in [-0.4, -0.2) is 37.2 Å². The van der Waals surface area contributed by atoms with E-state index in [0.29, 0.717) is 12.8 Å². The fourth-order valence-corrected chi connectivity index (χ4v) is 9.98. The summed E-state index contributed by atoms with van der Waals surface area (Å²) in [5, 5.41) is 0. The molecule has 6 heteroatoms. The van der Waals surface area contributed by atoms with Crippen molar-refractivity contribution in [3.8, 4) is 0 Å². The van der Waals surface area contributed by atoms with Gasteiger partial charge in [-0.2, -0.15) is 0 Å². The Bertz CT molecular complexity index is 1520. The lowest BCUT2D eigenvalue weighted by Crippen LogP contribution is -2.30. The van der Waals surface area contributed by atoms with Crippen LogP contribution in [0.3, 0.4) is 0 Å². The lowest BCUT2D eigenvalue weighted by molar-refractivity contribution is -0.167. The van der Waals surface area contributed by atoms with Gasteiger partial charge in [0.2, 0.25) is 0 Å². The van der Waals surface area contributed by atoms with Crippen LogP contribution in [0.2, 0.25) is 0 Å². The van der Waals surface area contributed by atoms with Crippen molar-refractivity contribution in [2.45, 2.75) is 354 Å². The predicted molar refractivity (Wildman–Crippen MR) is 348 cm³/mol. The van der Waals surface area contributed by atoms with Gasteiger partial charge in [-0.1, -0.05) is 324 Å². The summed E-state index contributed by atoms with van der Waals surface area (Å²) in [7, 11) is 0. The summed E-state index contributed by atoms with van der Waals surface area (Å²) in [5.74, 6) is -0.926. The average Bonchev–Trinajstić information content (AvgIpc) is 3.46. The Morgan fingerprint density at radius 2 is 0.512 bits per heavy atom. The van der Waals surface area contributed by atoms with E-state index < -0.39 is 6.10 Å². The second-order valence-corrected chi connectivity index (χ2v) is 23.1. The smallest absolute Gasteiger partial charge is 0.306 e. The molecule has 0 aliphatic heterocycles. The molecule has 80 heavy (non-hydrogen) atoms. The van der Waals surface area contributed by atoms with Crippen molar-refractivity contribution in [1.29, 1.82) is 0 Å². The first kappa shape index (κ1) is 76.6. The van der Waals surface area contributed by atoms with Gasteiger partial charge in [-0.15, -0.1) is 0 Å². The molecule has 1 atom stereocenters. The highest BCUT2D eigenvalue weighted by Gasteiger charge is 2.19. The minimum Gasteiger partial charge on any atom is -0.462 e. The zero-order valence-corrected chi connectivity index (χ0v) is 53.1. The van der Waals surface area contributed by atoms with Crippen LogP contribution in [0, 0.1) is 0 Å². The van der Waals surface area contributed by atoms with E-state index in [1.54, 1.807) is 0 Å². The van der Waals surface area contributed by atoms with Gasteiger partial charge >= 0.3 is 17.9 Å². The van der Waals surface area contributed by atoms with Crippen molar-refractivity contribution in [3.05, 3.63) is 85.1 Å². The van der Waals surface area contributed by atoms with Gasteiger partial charge in [0.05, 0.1) is 0 Å². The molecule has 0 aliphatic rings. The lowest BCUT2D eigenvalue weighted by atomic mass is 10.0. The standard InChI is InChI=1S/C74H130O6/c1-4-7-10-13-16-19-22-25-27-29-31-32-33-34-35-36-37-38-39-40-41-43-44-46-49-52-55-58-61-64-67-73(76)79-70-71(69-78-72(75)66-63-60-57-54-51-48-24-21-18-15-12-9-6-3)80-74(77)68-65-62-59-56-53-50-47-45-42-30-28-26-23-20-17-14-11-8-5-2/h8,11-12,15,17,20-21,24,26,28,42,45,50,53,71H,4-7,9-10,13-14,16,18-19,22-23,25,27,29-41,43-44,46-49,51-52,54-70H2,1-3H3/b11-8-,15-12-,20-17-,24-21-,28-26-,45-42-,53-50-.